The molecule has 5 heteroatoms. The molecule has 134 valence electrons. The number of anilines is 2. The van der Waals surface area contributed by atoms with Gasteiger partial charge in [0.1, 0.15) is 11.6 Å². The number of hydrogen-bond acceptors (Lipinski definition) is 3. The second kappa shape index (κ2) is 7.68. The Hall–Kier alpha value is -3.05. The first-order valence-electron chi connectivity index (χ1n) is 8.48. The molecular weight excluding hydrogens is 362 g/mol. The van der Waals surface area contributed by atoms with E-state index >= 15 is 0 Å². The summed E-state index contributed by atoms with van der Waals surface area (Å²) < 4.78 is 27.0. The smallest absolute Gasteiger partial charge is 0.187 e. The molecule has 0 saturated carbocycles. The fourth-order valence-electron chi connectivity index (χ4n) is 2.81. The van der Waals surface area contributed by atoms with Crippen molar-refractivity contribution in [3.05, 3.63) is 101 Å². The number of rotatable bonds is 5. The summed E-state index contributed by atoms with van der Waals surface area (Å²) in [4.78, 5) is 4.40. The van der Waals surface area contributed by atoms with E-state index < -0.39 is 11.6 Å². The number of nitrogens with one attached hydrogen (secondary N) is 1. The molecule has 27 heavy (non-hydrogen) atoms. The summed E-state index contributed by atoms with van der Waals surface area (Å²) in [6, 6.07) is 21.9. The molecule has 0 aliphatic heterocycles. The second-order valence-corrected chi connectivity index (χ2v) is 7.00. The molecule has 0 spiro atoms. The molecule has 0 fully saturated rings. The third-order valence-electron chi connectivity index (χ3n) is 4.17. The van der Waals surface area contributed by atoms with Crippen molar-refractivity contribution in [1.29, 1.82) is 0 Å². The Labute approximate surface area is 160 Å². The lowest BCUT2D eigenvalue weighted by molar-refractivity contribution is 0.585. The Balaban J connectivity index is 1.46. The lowest BCUT2D eigenvalue weighted by Gasteiger charge is -2.05. The molecule has 1 N–H and O–H groups in total. The zero-order valence-corrected chi connectivity index (χ0v) is 15.1. The molecule has 0 saturated heterocycles. The SMILES string of the molecule is Fc1ccc(-c2csc(Nc3ccc(Cc4ccccc4)cc3)n2)c(F)c1. The zero-order valence-electron chi connectivity index (χ0n) is 14.3. The number of thiazole rings is 1. The Morgan fingerprint density at radius 3 is 2.33 bits per heavy atom. The Morgan fingerprint density at radius 2 is 1.59 bits per heavy atom. The summed E-state index contributed by atoms with van der Waals surface area (Å²) in [6.07, 6.45) is 0.881. The van der Waals surface area contributed by atoms with Crippen molar-refractivity contribution in [1.82, 2.24) is 4.98 Å². The standard InChI is InChI=1S/C22H16F2N2S/c23-17-8-11-19(20(24)13-17)21-14-27-22(26-21)25-18-9-6-16(7-10-18)12-15-4-2-1-3-5-15/h1-11,13-14H,12H2,(H,25,26). The van der Waals surface area contributed by atoms with Crippen LogP contribution in [0, 0.1) is 11.6 Å². The third kappa shape index (κ3) is 4.20. The van der Waals surface area contributed by atoms with E-state index in [0.29, 0.717) is 16.4 Å². The largest absolute Gasteiger partial charge is 0.332 e. The van der Waals surface area contributed by atoms with Crippen LogP contribution in [0.3, 0.4) is 0 Å². The zero-order chi connectivity index (χ0) is 18.6. The van der Waals surface area contributed by atoms with Gasteiger partial charge in [-0.2, -0.15) is 0 Å². The Kier molecular flexibility index (Phi) is 4.94. The molecule has 1 aromatic heterocycles. The van der Waals surface area contributed by atoms with Gasteiger partial charge in [0.2, 0.25) is 0 Å². The van der Waals surface area contributed by atoms with Gasteiger partial charge in [0.05, 0.1) is 5.69 Å². The number of halogens is 2. The first kappa shape index (κ1) is 17.4. The Morgan fingerprint density at radius 1 is 0.852 bits per heavy atom. The predicted octanol–water partition coefficient (Wildman–Crippen LogP) is 6.42. The van der Waals surface area contributed by atoms with Crippen LogP contribution in [0.5, 0.6) is 0 Å². The lowest BCUT2D eigenvalue weighted by Crippen LogP contribution is -1.92. The molecule has 3 aromatic carbocycles. The highest BCUT2D eigenvalue weighted by Crippen LogP contribution is 2.29. The van der Waals surface area contributed by atoms with Gasteiger partial charge in [0, 0.05) is 22.7 Å². The molecule has 4 rings (SSSR count). The van der Waals surface area contributed by atoms with Gasteiger partial charge < -0.3 is 5.32 Å². The quantitative estimate of drug-likeness (QED) is 0.433. The monoisotopic (exact) mass is 378 g/mol. The van der Waals surface area contributed by atoms with Gasteiger partial charge in [-0.25, -0.2) is 13.8 Å². The van der Waals surface area contributed by atoms with E-state index in [4.69, 9.17) is 0 Å². The van der Waals surface area contributed by atoms with Crippen LogP contribution in [0.25, 0.3) is 11.3 Å². The maximum Gasteiger partial charge on any atom is 0.187 e. The molecule has 0 aliphatic carbocycles. The van der Waals surface area contributed by atoms with Gasteiger partial charge in [-0.15, -0.1) is 11.3 Å². The highest BCUT2D eigenvalue weighted by Gasteiger charge is 2.10. The van der Waals surface area contributed by atoms with Crippen molar-refractivity contribution in [3.63, 3.8) is 0 Å². The molecule has 2 nitrogen and oxygen atoms in total. The summed E-state index contributed by atoms with van der Waals surface area (Å²) >= 11 is 1.38. The van der Waals surface area contributed by atoms with Crippen LogP contribution in [-0.4, -0.2) is 4.98 Å². The molecule has 1 heterocycles. The topological polar surface area (TPSA) is 24.9 Å². The maximum absolute atomic E-state index is 13.9. The first-order chi connectivity index (χ1) is 13.2. The minimum atomic E-state index is -0.614. The molecule has 4 aromatic rings. The summed E-state index contributed by atoms with van der Waals surface area (Å²) in [5.74, 6) is -1.21. The number of hydrogen-bond donors (Lipinski definition) is 1. The van der Waals surface area contributed by atoms with Crippen LogP contribution >= 0.6 is 11.3 Å². The van der Waals surface area contributed by atoms with E-state index in [1.165, 1.54) is 34.6 Å². The van der Waals surface area contributed by atoms with E-state index in [0.717, 1.165) is 18.2 Å². The highest BCUT2D eigenvalue weighted by molar-refractivity contribution is 7.14. The second-order valence-electron chi connectivity index (χ2n) is 6.15. The average molecular weight is 378 g/mol. The van der Waals surface area contributed by atoms with Gasteiger partial charge in [-0.3, -0.25) is 0 Å². The van der Waals surface area contributed by atoms with E-state index in [1.807, 2.05) is 30.3 Å². The summed E-state index contributed by atoms with van der Waals surface area (Å²) in [7, 11) is 0. The summed E-state index contributed by atoms with van der Waals surface area (Å²) in [5.41, 5.74) is 4.18. The van der Waals surface area contributed by atoms with E-state index in [2.05, 4.69) is 34.6 Å². The minimum Gasteiger partial charge on any atom is -0.332 e. The fraction of sp³-hybridized carbons (Fsp3) is 0.0455. The number of aromatic nitrogens is 1. The van der Waals surface area contributed by atoms with Crippen LogP contribution in [-0.2, 0) is 6.42 Å². The van der Waals surface area contributed by atoms with Crippen LogP contribution in [0.15, 0.2) is 78.2 Å². The van der Waals surface area contributed by atoms with Crippen molar-refractivity contribution in [2.75, 3.05) is 5.32 Å². The van der Waals surface area contributed by atoms with E-state index in [-0.39, 0.29) is 0 Å². The van der Waals surface area contributed by atoms with Crippen LogP contribution in [0.2, 0.25) is 0 Å². The molecule has 0 unspecified atom stereocenters. The lowest BCUT2D eigenvalue weighted by atomic mass is 10.1. The van der Waals surface area contributed by atoms with Crippen molar-refractivity contribution >= 4 is 22.2 Å². The Bertz CT molecular complexity index is 1040. The van der Waals surface area contributed by atoms with Gasteiger partial charge in [0.25, 0.3) is 0 Å². The highest BCUT2D eigenvalue weighted by atomic mass is 32.1. The van der Waals surface area contributed by atoms with Gasteiger partial charge in [-0.05, 0) is 41.8 Å². The molecule has 0 amide bonds. The van der Waals surface area contributed by atoms with Gasteiger partial charge in [-0.1, -0.05) is 42.5 Å². The number of benzene rings is 3. The fourth-order valence-corrected chi connectivity index (χ4v) is 3.54. The van der Waals surface area contributed by atoms with Crippen LogP contribution in [0.1, 0.15) is 11.1 Å². The van der Waals surface area contributed by atoms with Gasteiger partial charge in [0.15, 0.2) is 5.13 Å². The predicted molar refractivity (Wildman–Crippen MR) is 106 cm³/mol. The third-order valence-corrected chi connectivity index (χ3v) is 4.93. The van der Waals surface area contributed by atoms with Crippen molar-refractivity contribution in [3.8, 4) is 11.3 Å². The minimum absolute atomic E-state index is 0.291. The normalized spacial score (nSPS) is 10.7. The molecular formula is C22H16F2N2S. The average Bonchev–Trinajstić information content (AvgIpc) is 3.12. The van der Waals surface area contributed by atoms with E-state index in [9.17, 15) is 8.78 Å². The van der Waals surface area contributed by atoms with Gasteiger partial charge >= 0.3 is 0 Å². The summed E-state index contributed by atoms with van der Waals surface area (Å²) in [6.45, 7) is 0. The van der Waals surface area contributed by atoms with E-state index in [1.54, 1.807) is 5.38 Å². The van der Waals surface area contributed by atoms with Crippen molar-refractivity contribution in [2.24, 2.45) is 0 Å². The first-order valence-corrected chi connectivity index (χ1v) is 9.36. The van der Waals surface area contributed by atoms with Crippen LogP contribution in [0.4, 0.5) is 19.6 Å². The molecule has 0 radical (unpaired) electrons. The summed E-state index contributed by atoms with van der Waals surface area (Å²) in [5, 5.41) is 5.64. The number of nitrogens with zero attached hydrogens (tertiary/aromatic N) is 1. The van der Waals surface area contributed by atoms with Crippen LogP contribution < -0.4 is 5.32 Å². The molecule has 0 atom stereocenters. The maximum atomic E-state index is 13.9. The molecule has 0 aliphatic rings. The van der Waals surface area contributed by atoms with Crippen molar-refractivity contribution < 1.29 is 8.78 Å². The molecule has 0 bridgehead atoms. The van der Waals surface area contributed by atoms with Crippen molar-refractivity contribution in [2.45, 2.75) is 6.42 Å².